The largest absolute Gasteiger partial charge is 0.435 e. The summed E-state index contributed by atoms with van der Waals surface area (Å²) in [6.07, 6.45) is -2.27. The van der Waals surface area contributed by atoms with Gasteiger partial charge in [0.15, 0.2) is 5.69 Å². The molecule has 140 valence electrons. The van der Waals surface area contributed by atoms with Crippen molar-refractivity contribution in [1.82, 2.24) is 20.0 Å². The number of hydrogen-bond donors (Lipinski definition) is 1. The summed E-state index contributed by atoms with van der Waals surface area (Å²) in [7, 11) is 1.47. The minimum atomic E-state index is -4.48. The molecule has 5 rings (SSSR count). The maximum Gasteiger partial charge on any atom is 0.435 e. The van der Waals surface area contributed by atoms with Gasteiger partial charge in [0.05, 0.1) is 15.4 Å². The first kappa shape index (κ1) is 17.5. The summed E-state index contributed by atoms with van der Waals surface area (Å²) in [5.74, 6) is 0.369. The molecule has 3 fully saturated rings. The van der Waals surface area contributed by atoms with Crippen LogP contribution in [-0.4, -0.2) is 46.3 Å². The van der Waals surface area contributed by atoms with Crippen LogP contribution < -0.4 is 5.32 Å². The molecule has 5 nitrogen and oxygen atoms in total. The van der Waals surface area contributed by atoms with Gasteiger partial charge in [-0.25, -0.2) is 0 Å². The molecule has 1 unspecified atom stereocenters. The summed E-state index contributed by atoms with van der Waals surface area (Å²) in [5.41, 5.74) is -0.578. The number of hydrogen-bond acceptors (Lipinski definition) is 4. The summed E-state index contributed by atoms with van der Waals surface area (Å²) in [6.45, 7) is 3.08. The van der Waals surface area contributed by atoms with Crippen molar-refractivity contribution in [2.45, 2.75) is 25.1 Å². The molecule has 1 amide bonds. The van der Waals surface area contributed by atoms with Gasteiger partial charge >= 0.3 is 6.18 Å². The molecule has 1 atom stereocenters. The van der Waals surface area contributed by atoms with Crippen LogP contribution in [0, 0.1) is 5.92 Å². The fourth-order valence-corrected chi connectivity index (χ4v) is 4.76. The first-order valence-corrected chi connectivity index (χ1v) is 9.37. The van der Waals surface area contributed by atoms with Crippen molar-refractivity contribution in [2.24, 2.45) is 13.0 Å². The highest BCUT2D eigenvalue weighted by Crippen LogP contribution is 2.34. The van der Waals surface area contributed by atoms with E-state index in [0.717, 1.165) is 38.5 Å². The quantitative estimate of drug-likeness (QED) is 0.885. The van der Waals surface area contributed by atoms with E-state index in [1.165, 1.54) is 23.1 Å². The number of nitrogens with zero attached hydrogens (tertiary/aromatic N) is 3. The Morgan fingerprint density at radius 3 is 2.62 bits per heavy atom. The van der Waals surface area contributed by atoms with Gasteiger partial charge in [-0.1, -0.05) is 0 Å². The molecule has 3 aliphatic heterocycles. The van der Waals surface area contributed by atoms with Crippen LogP contribution in [0.5, 0.6) is 0 Å². The van der Waals surface area contributed by atoms with Crippen molar-refractivity contribution in [1.29, 1.82) is 0 Å². The second-order valence-electron chi connectivity index (χ2n) is 6.92. The molecular formula is C17H19F3N4OS. The van der Waals surface area contributed by atoms with Crippen LogP contribution in [0.3, 0.4) is 0 Å². The van der Waals surface area contributed by atoms with Crippen molar-refractivity contribution in [3.8, 4) is 10.6 Å². The van der Waals surface area contributed by atoms with Gasteiger partial charge in [-0.05, 0) is 50.0 Å². The van der Waals surface area contributed by atoms with Crippen molar-refractivity contribution in [3.63, 3.8) is 0 Å². The Labute approximate surface area is 152 Å². The van der Waals surface area contributed by atoms with E-state index >= 15 is 0 Å². The lowest BCUT2D eigenvalue weighted by Gasteiger charge is -2.44. The number of rotatable bonds is 3. The van der Waals surface area contributed by atoms with Crippen molar-refractivity contribution < 1.29 is 18.0 Å². The van der Waals surface area contributed by atoms with Gasteiger partial charge in [-0.2, -0.15) is 18.3 Å². The zero-order valence-corrected chi connectivity index (χ0v) is 15.0. The van der Waals surface area contributed by atoms with Gasteiger partial charge in [0.1, 0.15) is 0 Å². The monoisotopic (exact) mass is 384 g/mol. The number of nitrogens with one attached hydrogen (secondary N) is 1. The van der Waals surface area contributed by atoms with Crippen molar-refractivity contribution in [2.75, 3.05) is 19.6 Å². The standard InChI is InChI=1S/C17H19F3N4OS/c1-23-12(8-15(22-23)17(18,19)20)13-2-3-14(26-13)16(25)21-11-9-24-6-4-10(11)5-7-24/h2-3,8,10-11H,4-7,9H2,1H3,(H,21,25). The molecule has 2 aromatic rings. The molecule has 2 bridgehead atoms. The lowest BCUT2D eigenvalue weighted by atomic mass is 9.84. The minimum absolute atomic E-state index is 0.154. The number of carbonyl (C=O) groups is 1. The van der Waals surface area contributed by atoms with E-state index in [-0.39, 0.29) is 11.9 Å². The molecule has 0 spiro atoms. The van der Waals surface area contributed by atoms with Gasteiger partial charge in [0, 0.05) is 19.6 Å². The van der Waals surface area contributed by atoms with Crippen LogP contribution >= 0.6 is 11.3 Å². The van der Waals surface area contributed by atoms with Crippen LogP contribution in [0.2, 0.25) is 0 Å². The maximum atomic E-state index is 12.8. The SMILES string of the molecule is Cn1nc(C(F)(F)F)cc1-c1ccc(C(=O)NC2CN3CCC2CC3)s1. The van der Waals surface area contributed by atoms with E-state index in [9.17, 15) is 18.0 Å². The number of alkyl halides is 3. The molecule has 1 N–H and O–H groups in total. The molecule has 5 heterocycles. The average Bonchev–Trinajstić information content (AvgIpc) is 3.22. The number of halogens is 3. The fourth-order valence-electron chi connectivity index (χ4n) is 3.80. The summed E-state index contributed by atoms with van der Waals surface area (Å²) < 4.78 is 39.7. The normalized spacial score (nSPS) is 25.5. The zero-order chi connectivity index (χ0) is 18.5. The van der Waals surface area contributed by atoms with Gasteiger partial charge in [-0.15, -0.1) is 11.3 Å². The molecule has 0 aliphatic carbocycles. The highest BCUT2D eigenvalue weighted by Gasteiger charge is 2.36. The maximum absolute atomic E-state index is 12.8. The fraction of sp³-hybridized carbons (Fsp3) is 0.529. The summed E-state index contributed by atoms with van der Waals surface area (Å²) in [6, 6.07) is 4.51. The van der Waals surface area contributed by atoms with Crippen molar-refractivity contribution in [3.05, 3.63) is 28.8 Å². The number of thiophene rings is 1. The van der Waals surface area contributed by atoms with Crippen LogP contribution in [0.15, 0.2) is 18.2 Å². The van der Waals surface area contributed by atoms with E-state index in [4.69, 9.17) is 0 Å². The van der Waals surface area contributed by atoms with E-state index in [2.05, 4.69) is 15.3 Å². The Balaban J connectivity index is 1.49. The van der Waals surface area contributed by atoms with Crippen LogP contribution in [0.4, 0.5) is 13.2 Å². The number of aryl methyl sites for hydroxylation is 1. The third-order valence-corrected chi connectivity index (χ3v) is 6.33. The lowest BCUT2D eigenvalue weighted by molar-refractivity contribution is -0.141. The van der Waals surface area contributed by atoms with Crippen molar-refractivity contribution >= 4 is 17.2 Å². The molecule has 0 radical (unpaired) electrons. The Morgan fingerprint density at radius 1 is 1.31 bits per heavy atom. The van der Waals surface area contributed by atoms with E-state index in [1.807, 2.05) is 0 Å². The third kappa shape index (κ3) is 3.25. The van der Waals surface area contributed by atoms with Gasteiger partial charge in [0.25, 0.3) is 5.91 Å². The topological polar surface area (TPSA) is 50.2 Å². The lowest BCUT2D eigenvalue weighted by Crippen LogP contribution is -2.57. The van der Waals surface area contributed by atoms with Gasteiger partial charge in [-0.3, -0.25) is 9.48 Å². The number of piperidine rings is 3. The number of amides is 1. The number of aromatic nitrogens is 2. The van der Waals surface area contributed by atoms with Crippen LogP contribution in [0.25, 0.3) is 10.6 Å². The van der Waals surface area contributed by atoms with E-state index < -0.39 is 11.9 Å². The molecule has 3 saturated heterocycles. The predicted octanol–water partition coefficient (Wildman–Crippen LogP) is 2.99. The molecule has 9 heteroatoms. The highest BCUT2D eigenvalue weighted by molar-refractivity contribution is 7.17. The summed E-state index contributed by atoms with van der Waals surface area (Å²) in [4.78, 5) is 16.0. The second-order valence-corrected chi connectivity index (χ2v) is 8.00. The molecule has 2 aromatic heterocycles. The van der Waals surface area contributed by atoms with E-state index in [0.29, 0.717) is 21.4 Å². The highest BCUT2D eigenvalue weighted by atomic mass is 32.1. The Morgan fingerprint density at radius 2 is 2.04 bits per heavy atom. The minimum Gasteiger partial charge on any atom is -0.347 e. The average molecular weight is 384 g/mol. The number of fused-ring (bicyclic) bond motifs is 3. The Kier molecular flexibility index (Phi) is 4.31. The predicted molar refractivity (Wildman–Crippen MR) is 91.9 cm³/mol. The third-order valence-electron chi connectivity index (χ3n) is 5.23. The molecule has 0 aromatic carbocycles. The molecule has 0 saturated carbocycles. The Hall–Kier alpha value is -1.87. The van der Waals surface area contributed by atoms with Crippen LogP contribution in [-0.2, 0) is 13.2 Å². The number of carbonyl (C=O) groups excluding carboxylic acids is 1. The van der Waals surface area contributed by atoms with Gasteiger partial charge < -0.3 is 10.2 Å². The Bertz CT molecular complexity index is 820. The van der Waals surface area contributed by atoms with Gasteiger partial charge in [0.2, 0.25) is 0 Å². The summed E-state index contributed by atoms with van der Waals surface area (Å²) in [5, 5.41) is 6.63. The van der Waals surface area contributed by atoms with E-state index in [1.54, 1.807) is 12.1 Å². The molecular weight excluding hydrogens is 365 g/mol. The second kappa shape index (κ2) is 6.38. The smallest absolute Gasteiger partial charge is 0.347 e. The molecule has 26 heavy (non-hydrogen) atoms. The zero-order valence-electron chi connectivity index (χ0n) is 14.2. The molecule has 3 aliphatic rings. The first-order valence-electron chi connectivity index (χ1n) is 8.56. The first-order chi connectivity index (χ1) is 12.3. The van der Waals surface area contributed by atoms with Crippen LogP contribution in [0.1, 0.15) is 28.2 Å². The summed E-state index contributed by atoms with van der Waals surface area (Å²) >= 11 is 1.19.